The van der Waals surface area contributed by atoms with Gasteiger partial charge in [0, 0.05) is 23.9 Å². The lowest BCUT2D eigenvalue weighted by atomic mass is 10.2. The third-order valence-corrected chi connectivity index (χ3v) is 3.56. The first kappa shape index (κ1) is 8.48. The van der Waals surface area contributed by atoms with Gasteiger partial charge in [0.1, 0.15) is 0 Å². The maximum Gasteiger partial charge on any atom is 0.0701 e. The number of rotatable bonds is 2. The first-order chi connectivity index (χ1) is 5.84. The summed E-state index contributed by atoms with van der Waals surface area (Å²) in [6.45, 7) is 1.03. The maximum absolute atomic E-state index is 3.46. The summed E-state index contributed by atoms with van der Waals surface area (Å²) in [7, 11) is 0. The Morgan fingerprint density at radius 3 is 3.08 bits per heavy atom. The second kappa shape index (κ2) is 3.73. The van der Waals surface area contributed by atoms with Gasteiger partial charge in [-0.2, -0.15) is 0 Å². The molecule has 64 valence electrons. The quantitative estimate of drug-likeness (QED) is 0.788. The number of nitrogens with one attached hydrogen (secondary N) is 1. The van der Waals surface area contributed by atoms with Gasteiger partial charge in [-0.1, -0.05) is 12.2 Å². The van der Waals surface area contributed by atoms with Crippen LogP contribution >= 0.6 is 27.3 Å². The lowest BCUT2D eigenvalue weighted by Gasteiger charge is -2.05. The standard InChI is InChI=1S/C9H10BrNS/c10-9-4-3-8(12-9)6-7-2-1-5-11-7/h1-4,7,11H,5-6H2. The molecule has 0 spiro atoms. The van der Waals surface area contributed by atoms with Crippen LogP contribution in [0.1, 0.15) is 4.88 Å². The Morgan fingerprint density at radius 2 is 2.50 bits per heavy atom. The molecule has 0 bridgehead atoms. The van der Waals surface area contributed by atoms with Crippen molar-refractivity contribution in [3.8, 4) is 0 Å². The predicted octanol–water partition coefficient (Wildman–Crippen LogP) is 2.58. The summed E-state index contributed by atoms with van der Waals surface area (Å²) in [5.74, 6) is 0. The average Bonchev–Trinajstić information content (AvgIpc) is 2.63. The minimum absolute atomic E-state index is 0.551. The van der Waals surface area contributed by atoms with Crippen molar-refractivity contribution in [3.63, 3.8) is 0 Å². The van der Waals surface area contributed by atoms with E-state index in [-0.39, 0.29) is 0 Å². The summed E-state index contributed by atoms with van der Waals surface area (Å²) >= 11 is 5.28. The summed E-state index contributed by atoms with van der Waals surface area (Å²) in [6, 6.07) is 4.84. The summed E-state index contributed by atoms with van der Waals surface area (Å²) < 4.78 is 1.22. The van der Waals surface area contributed by atoms with E-state index >= 15 is 0 Å². The molecule has 2 heterocycles. The molecule has 0 saturated carbocycles. The van der Waals surface area contributed by atoms with Gasteiger partial charge < -0.3 is 5.32 Å². The molecule has 0 aromatic carbocycles. The predicted molar refractivity (Wildman–Crippen MR) is 56.7 cm³/mol. The molecule has 1 aromatic rings. The van der Waals surface area contributed by atoms with Gasteiger partial charge in [0.15, 0.2) is 0 Å². The molecule has 0 amide bonds. The summed E-state index contributed by atoms with van der Waals surface area (Å²) in [5.41, 5.74) is 0. The number of hydrogen-bond acceptors (Lipinski definition) is 2. The molecule has 2 rings (SSSR count). The maximum atomic E-state index is 3.46. The second-order valence-corrected chi connectivity index (χ2v) is 5.40. The molecular weight excluding hydrogens is 234 g/mol. The molecule has 3 heteroatoms. The molecule has 0 fully saturated rings. The average molecular weight is 244 g/mol. The van der Waals surface area contributed by atoms with Gasteiger partial charge in [-0.05, 0) is 28.1 Å². The summed E-state index contributed by atoms with van der Waals surface area (Å²) in [4.78, 5) is 1.44. The molecule has 1 N–H and O–H groups in total. The van der Waals surface area contributed by atoms with Crippen molar-refractivity contribution in [2.24, 2.45) is 0 Å². The van der Waals surface area contributed by atoms with E-state index in [4.69, 9.17) is 0 Å². The highest BCUT2D eigenvalue weighted by Crippen LogP contribution is 2.23. The first-order valence-corrected chi connectivity index (χ1v) is 5.60. The van der Waals surface area contributed by atoms with Crippen LogP contribution in [-0.2, 0) is 6.42 Å². The lowest BCUT2D eigenvalue weighted by molar-refractivity contribution is 0.670. The highest BCUT2D eigenvalue weighted by molar-refractivity contribution is 9.11. The Labute approximate surface area is 84.6 Å². The van der Waals surface area contributed by atoms with Crippen LogP contribution in [0.2, 0.25) is 0 Å². The van der Waals surface area contributed by atoms with Crippen molar-refractivity contribution in [2.45, 2.75) is 12.5 Å². The zero-order valence-electron chi connectivity index (χ0n) is 6.59. The third kappa shape index (κ3) is 1.97. The van der Waals surface area contributed by atoms with Crippen LogP contribution in [0.4, 0.5) is 0 Å². The van der Waals surface area contributed by atoms with Crippen LogP contribution in [0.5, 0.6) is 0 Å². The molecule has 12 heavy (non-hydrogen) atoms. The van der Waals surface area contributed by atoms with E-state index in [1.54, 1.807) is 0 Å². The number of hydrogen-bond donors (Lipinski definition) is 1. The van der Waals surface area contributed by atoms with Gasteiger partial charge in [0.25, 0.3) is 0 Å². The monoisotopic (exact) mass is 243 g/mol. The third-order valence-electron chi connectivity index (χ3n) is 1.92. The van der Waals surface area contributed by atoms with Crippen molar-refractivity contribution in [1.29, 1.82) is 0 Å². The molecule has 0 saturated heterocycles. The fraction of sp³-hybridized carbons (Fsp3) is 0.333. The molecular formula is C9H10BrNS. The molecule has 1 atom stereocenters. The molecule has 1 aromatic heterocycles. The smallest absolute Gasteiger partial charge is 0.0701 e. The van der Waals surface area contributed by atoms with E-state index < -0.39 is 0 Å². The fourth-order valence-electron chi connectivity index (χ4n) is 1.34. The van der Waals surface area contributed by atoms with Crippen molar-refractivity contribution in [1.82, 2.24) is 5.32 Å². The number of thiophene rings is 1. The van der Waals surface area contributed by atoms with E-state index in [1.165, 1.54) is 8.66 Å². The normalized spacial score (nSPS) is 21.9. The van der Waals surface area contributed by atoms with E-state index in [1.807, 2.05) is 11.3 Å². The van der Waals surface area contributed by atoms with Crippen LogP contribution in [0.3, 0.4) is 0 Å². The fourth-order valence-corrected chi connectivity index (χ4v) is 2.88. The van der Waals surface area contributed by atoms with Gasteiger partial charge in [0.05, 0.1) is 3.79 Å². The molecule has 0 aliphatic carbocycles. The molecule has 1 aliphatic heterocycles. The highest BCUT2D eigenvalue weighted by Gasteiger charge is 2.09. The van der Waals surface area contributed by atoms with E-state index in [9.17, 15) is 0 Å². The minimum atomic E-state index is 0.551. The van der Waals surface area contributed by atoms with Gasteiger partial charge in [0.2, 0.25) is 0 Å². The van der Waals surface area contributed by atoms with E-state index in [2.05, 4.69) is 45.5 Å². The van der Waals surface area contributed by atoms with Crippen LogP contribution in [0.25, 0.3) is 0 Å². The Morgan fingerprint density at radius 1 is 1.58 bits per heavy atom. The SMILES string of the molecule is Brc1ccc(CC2C=CCN2)s1. The van der Waals surface area contributed by atoms with Crippen molar-refractivity contribution in [2.75, 3.05) is 6.54 Å². The topological polar surface area (TPSA) is 12.0 Å². The largest absolute Gasteiger partial charge is 0.307 e. The Hall–Kier alpha value is -0.120. The van der Waals surface area contributed by atoms with Gasteiger partial charge in [-0.25, -0.2) is 0 Å². The van der Waals surface area contributed by atoms with E-state index in [0.717, 1.165) is 13.0 Å². The lowest BCUT2D eigenvalue weighted by Crippen LogP contribution is -2.23. The van der Waals surface area contributed by atoms with Crippen molar-refractivity contribution in [3.05, 3.63) is 32.9 Å². The Balaban J connectivity index is 1.98. The summed E-state index contributed by atoms with van der Waals surface area (Å²) in [5, 5.41) is 3.39. The molecule has 1 nitrogen and oxygen atoms in total. The van der Waals surface area contributed by atoms with Crippen molar-refractivity contribution < 1.29 is 0 Å². The summed E-state index contributed by atoms with van der Waals surface area (Å²) in [6.07, 6.45) is 5.55. The molecule has 1 unspecified atom stereocenters. The first-order valence-electron chi connectivity index (χ1n) is 3.99. The van der Waals surface area contributed by atoms with Crippen LogP contribution in [0.15, 0.2) is 28.1 Å². The Bertz CT molecular complexity index is 292. The second-order valence-electron chi connectivity index (χ2n) is 2.85. The molecule has 1 aliphatic rings. The van der Waals surface area contributed by atoms with Crippen LogP contribution in [0, 0.1) is 0 Å². The van der Waals surface area contributed by atoms with Gasteiger partial charge in [-0.3, -0.25) is 0 Å². The minimum Gasteiger partial charge on any atom is -0.307 e. The number of halogens is 1. The van der Waals surface area contributed by atoms with Gasteiger partial charge in [-0.15, -0.1) is 11.3 Å². The zero-order valence-corrected chi connectivity index (χ0v) is 8.99. The van der Waals surface area contributed by atoms with E-state index in [0.29, 0.717) is 6.04 Å². The zero-order chi connectivity index (χ0) is 8.39. The van der Waals surface area contributed by atoms with Crippen LogP contribution in [-0.4, -0.2) is 12.6 Å². The van der Waals surface area contributed by atoms with Crippen molar-refractivity contribution >= 4 is 27.3 Å². The Kier molecular flexibility index (Phi) is 2.63. The van der Waals surface area contributed by atoms with Crippen LogP contribution < -0.4 is 5.32 Å². The molecule has 0 radical (unpaired) electrons. The highest BCUT2D eigenvalue weighted by atomic mass is 79.9. The van der Waals surface area contributed by atoms with Gasteiger partial charge >= 0.3 is 0 Å².